The molecule has 0 aliphatic carbocycles. The molecule has 1 aromatic heterocycles. The van der Waals surface area contributed by atoms with Crippen LogP contribution in [0, 0.1) is 0 Å². The second-order valence-electron chi connectivity index (χ2n) is 10.1. The van der Waals surface area contributed by atoms with Gasteiger partial charge in [-0.3, -0.25) is 9.69 Å². The fraction of sp³-hybridized carbons (Fsp3) is 0.560. The number of nitrogens with zero attached hydrogens (tertiary/aromatic N) is 5. The van der Waals surface area contributed by atoms with E-state index in [1.165, 1.54) is 21.7 Å². The molecule has 38 heavy (non-hydrogen) atoms. The van der Waals surface area contributed by atoms with Gasteiger partial charge >= 0.3 is 0 Å². The van der Waals surface area contributed by atoms with Crippen LogP contribution in [0.3, 0.4) is 0 Å². The predicted molar refractivity (Wildman–Crippen MR) is 143 cm³/mol. The number of aliphatic hydroxyl groups is 1. The topological polar surface area (TPSA) is 140 Å². The number of piperazine rings is 1. The number of hydrogen-bond donors (Lipinski definition) is 3. The maximum atomic E-state index is 13.1. The quantitative estimate of drug-likeness (QED) is 0.378. The van der Waals surface area contributed by atoms with Crippen molar-refractivity contribution in [2.75, 3.05) is 75.5 Å². The Morgan fingerprint density at radius 1 is 1.13 bits per heavy atom. The van der Waals surface area contributed by atoms with Crippen LogP contribution >= 0.6 is 0 Å². The second kappa shape index (κ2) is 11.5. The molecule has 0 unspecified atom stereocenters. The number of carbonyl (C=O) groups is 1. The molecular weight excluding hydrogens is 510 g/mol. The number of aliphatic hydroxyl groups excluding tert-OH is 1. The lowest BCUT2D eigenvalue weighted by molar-refractivity contribution is 0.0209. The van der Waals surface area contributed by atoms with E-state index in [9.17, 15) is 18.3 Å². The lowest BCUT2D eigenvalue weighted by atomic mass is 10.00. The van der Waals surface area contributed by atoms with Gasteiger partial charge < -0.3 is 25.4 Å². The van der Waals surface area contributed by atoms with Crippen LogP contribution in [-0.2, 0) is 27.7 Å². The van der Waals surface area contributed by atoms with Gasteiger partial charge in [0.25, 0.3) is 5.91 Å². The van der Waals surface area contributed by atoms with Gasteiger partial charge in [0.1, 0.15) is 11.5 Å². The molecule has 0 spiro atoms. The molecule has 206 valence electrons. The van der Waals surface area contributed by atoms with Gasteiger partial charge in [-0.1, -0.05) is 24.3 Å². The molecule has 0 radical (unpaired) electrons. The summed E-state index contributed by atoms with van der Waals surface area (Å²) in [5, 5.41) is 16.7. The van der Waals surface area contributed by atoms with Crippen LogP contribution in [0.1, 0.15) is 21.6 Å². The van der Waals surface area contributed by atoms with Crippen LogP contribution in [0.4, 0.5) is 11.8 Å². The Hall–Kier alpha value is -2.84. The number of β-amino-alcohol motifs (C(OH)–C–C–N with tert-alkyl or cyclic N) is 1. The first-order valence-electron chi connectivity index (χ1n) is 12.9. The summed E-state index contributed by atoms with van der Waals surface area (Å²) in [5.41, 5.74) is 2.81. The zero-order valence-electron chi connectivity index (χ0n) is 21.5. The number of carbonyl (C=O) groups excluding carboxylic acids is 1. The molecule has 2 aromatic rings. The molecule has 1 atom stereocenters. The first kappa shape index (κ1) is 26.8. The third-order valence-corrected chi connectivity index (χ3v) is 8.41. The SMILES string of the molecule is CS(=O)(=O)N1CCN(c2nc(NC3COC3)cc(C(=O)NC[C@H](O)CN3CCc4ccccc4C3)n2)CC1. The molecule has 3 aliphatic heterocycles. The number of hydrogen-bond acceptors (Lipinski definition) is 10. The Morgan fingerprint density at radius 2 is 1.87 bits per heavy atom. The van der Waals surface area contributed by atoms with Gasteiger partial charge in [0.05, 0.1) is 31.6 Å². The number of sulfonamides is 1. The lowest BCUT2D eigenvalue weighted by Crippen LogP contribution is -2.49. The van der Waals surface area contributed by atoms with Crippen molar-refractivity contribution in [3.05, 3.63) is 47.2 Å². The Kier molecular flexibility index (Phi) is 8.09. The third kappa shape index (κ3) is 6.59. The van der Waals surface area contributed by atoms with E-state index in [2.05, 4.69) is 37.6 Å². The van der Waals surface area contributed by atoms with E-state index in [4.69, 9.17) is 4.74 Å². The van der Waals surface area contributed by atoms with Gasteiger partial charge in [-0.2, -0.15) is 9.29 Å². The number of ether oxygens (including phenoxy) is 1. The highest BCUT2D eigenvalue weighted by Crippen LogP contribution is 2.20. The number of nitrogens with one attached hydrogen (secondary N) is 2. The summed E-state index contributed by atoms with van der Waals surface area (Å²) < 4.78 is 30.4. The summed E-state index contributed by atoms with van der Waals surface area (Å²) in [6, 6.07) is 10.0. The predicted octanol–water partition coefficient (Wildman–Crippen LogP) is -0.482. The van der Waals surface area contributed by atoms with Crippen LogP contribution in [0.25, 0.3) is 0 Å². The van der Waals surface area contributed by atoms with Crippen LogP contribution in [0.15, 0.2) is 30.3 Å². The molecule has 0 bridgehead atoms. The Morgan fingerprint density at radius 3 is 2.55 bits per heavy atom. The Balaban J connectivity index is 1.21. The van der Waals surface area contributed by atoms with Crippen LogP contribution in [-0.4, -0.2) is 116 Å². The maximum Gasteiger partial charge on any atom is 0.270 e. The summed E-state index contributed by atoms with van der Waals surface area (Å²) in [5.74, 6) is 0.465. The molecule has 2 saturated heterocycles. The summed E-state index contributed by atoms with van der Waals surface area (Å²) in [4.78, 5) is 26.2. The normalized spacial score (nSPS) is 19.9. The molecule has 0 saturated carbocycles. The van der Waals surface area contributed by atoms with Gasteiger partial charge in [-0.05, 0) is 17.5 Å². The molecule has 4 heterocycles. The molecular formula is C25H35N7O5S. The minimum atomic E-state index is -3.27. The van der Waals surface area contributed by atoms with Crippen molar-refractivity contribution in [2.24, 2.45) is 0 Å². The maximum absolute atomic E-state index is 13.1. The highest BCUT2D eigenvalue weighted by molar-refractivity contribution is 7.88. The van der Waals surface area contributed by atoms with Gasteiger partial charge in [0.15, 0.2) is 0 Å². The van der Waals surface area contributed by atoms with Crippen molar-refractivity contribution in [1.82, 2.24) is 24.5 Å². The molecule has 13 heteroatoms. The third-order valence-electron chi connectivity index (χ3n) is 7.10. The fourth-order valence-electron chi connectivity index (χ4n) is 4.89. The number of anilines is 2. The largest absolute Gasteiger partial charge is 0.390 e. The van der Waals surface area contributed by atoms with Crippen molar-refractivity contribution >= 4 is 27.7 Å². The Labute approximate surface area is 223 Å². The van der Waals surface area contributed by atoms with Crippen molar-refractivity contribution in [3.8, 4) is 0 Å². The van der Waals surface area contributed by atoms with Crippen molar-refractivity contribution < 1.29 is 23.1 Å². The molecule has 3 N–H and O–H groups in total. The zero-order chi connectivity index (χ0) is 26.7. The number of aromatic nitrogens is 2. The van der Waals surface area contributed by atoms with Crippen LogP contribution in [0.5, 0.6) is 0 Å². The van der Waals surface area contributed by atoms with E-state index >= 15 is 0 Å². The number of fused-ring (bicyclic) bond motifs is 1. The van der Waals surface area contributed by atoms with E-state index in [-0.39, 0.29) is 18.3 Å². The van der Waals surface area contributed by atoms with Crippen molar-refractivity contribution in [1.29, 1.82) is 0 Å². The molecule has 2 fully saturated rings. The first-order valence-corrected chi connectivity index (χ1v) is 14.8. The minimum Gasteiger partial charge on any atom is -0.390 e. The van der Waals surface area contributed by atoms with Crippen LogP contribution in [0.2, 0.25) is 0 Å². The van der Waals surface area contributed by atoms with Gasteiger partial charge in [0, 0.05) is 58.4 Å². The van der Waals surface area contributed by atoms with E-state index in [0.717, 1.165) is 19.5 Å². The van der Waals surface area contributed by atoms with E-state index < -0.39 is 22.0 Å². The van der Waals surface area contributed by atoms with Crippen LogP contribution < -0.4 is 15.5 Å². The summed E-state index contributed by atoms with van der Waals surface area (Å²) in [6.07, 6.45) is 1.42. The van der Waals surface area contributed by atoms with Gasteiger partial charge in [0.2, 0.25) is 16.0 Å². The fourth-order valence-corrected chi connectivity index (χ4v) is 5.71. The second-order valence-corrected chi connectivity index (χ2v) is 12.1. The molecule has 1 amide bonds. The standard InChI is InChI=1S/C25H35N7O5S/c1-38(35,36)32-10-8-31(9-11-32)25-28-22(12-23(29-25)27-20-16-37-17-20)24(34)26-13-21(33)15-30-7-6-18-4-2-3-5-19(18)14-30/h2-5,12,20-21,33H,6-11,13-17H2,1H3,(H,26,34)(H,27,28,29)/t21-/m0/s1. The number of amides is 1. The molecule has 3 aliphatic rings. The minimum absolute atomic E-state index is 0.0998. The number of benzene rings is 1. The van der Waals surface area contributed by atoms with Crippen molar-refractivity contribution in [3.63, 3.8) is 0 Å². The molecule has 1 aromatic carbocycles. The Bertz CT molecular complexity index is 1250. The average Bonchev–Trinajstić information content (AvgIpc) is 2.89. The van der Waals surface area contributed by atoms with E-state index in [1.807, 2.05) is 17.0 Å². The first-order chi connectivity index (χ1) is 18.2. The molecule has 5 rings (SSSR count). The summed E-state index contributed by atoms with van der Waals surface area (Å²) in [6.45, 7) is 4.81. The average molecular weight is 546 g/mol. The molecule has 12 nitrogen and oxygen atoms in total. The highest BCUT2D eigenvalue weighted by Gasteiger charge is 2.27. The summed E-state index contributed by atoms with van der Waals surface area (Å²) >= 11 is 0. The highest BCUT2D eigenvalue weighted by atomic mass is 32.2. The zero-order valence-corrected chi connectivity index (χ0v) is 22.4. The van der Waals surface area contributed by atoms with E-state index in [1.54, 1.807) is 6.07 Å². The lowest BCUT2D eigenvalue weighted by Gasteiger charge is -2.34. The van der Waals surface area contributed by atoms with Gasteiger partial charge in [-0.15, -0.1) is 0 Å². The summed E-state index contributed by atoms with van der Waals surface area (Å²) in [7, 11) is -3.27. The monoisotopic (exact) mass is 545 g/mol. The van der Waals surface area contributed by atoms with E-state index in [0.29, 0.717) is 57.7 Å². The smallest absolute Gasteiger partial charge is 0.270 e. The van der Waals surface area contributed by atoms with Gasteiger partial charge in [-0.25, -0.2) is 13.4 Å². The van der Waals surface area contributed by atoms with Crippen molar-refractivity contribution in [2.45, 2.75) is 25.1 Å². The number of rotatable bonds is 9.